The smallest absolute Gasteiger partial charge is 0.146 e. The van der Waals surface area contributed by atoms with Gasteiger partial charge in [-0.3, -0.25) is 4.90 Å². The van der Waals surface area contributed by atoms with Crippen LogP contribution in [0, 0.1) is 0 Å². The highest BCUT2D eigenvalue weighted by Gasteiger charge is 2.15. The third-order valence-electron chi connectivity index (χ3n) is 1.29. The maximum Gasteiger partial charge on any atom is 0.146 e. The molecule has 0 aromatic carbocycles. The molecule has 0 bridgehead atoms. The minimum Gasteiger partial charge on any atom is -0.359 e. The Morgan fingerprint density at radius 3 is 2.78 bits per heavy atom. The van der Waals surface area contributed by atoms with E-state index in [1.165, 1.54) is 13.1 Å². The van der Waals surface area contributed by atoms with Crippen molar-refractivity contribution in [1.29, 1.82) is 0 Å². The average Bonchev–Trinajstić information content (AvgIpc) is 2.63. The van der Waals surface area contributed by atoms with Crippen LogP contribution in [-0.4, -0.2) is 45.0 Å². The zero-order chi connectivity index (χ0) is 6.53. The molecular formula is C6H13NO2. The average molecular weight is 131 g/mol. The van der Waals surface area contributed by atoms with Crippen molar-refractivity contribution in [2.24, 2.45) is 0 Å². The lowest BCUT2D eigenvalue weighted by atomic mass is 10.7. The van der Waals surface area contributed by atoms with Crippen LogP contribution in [0.15, 0.2) is 0 Å². The lowest BCUT2D eigenvalue weighted by Crippen LogP contribution is -2.09. The highest BCUT2D eigenvalue weighted by Crippen LogP contribution is 2.00. The molecule has 0 atom stereocenters. The molecule has 3 nitrogen and oxygen atoms in total. The molecule has 0 unspecified atom stereocenters. The summed E-state index contributed by atoms with van der Waals surface area (Å²) in [4.78, 5) is 2.32. The van der Waals surface area contributed by atoms with E-state index in [0.717, 1.165) is 13.2 Å². The standard InChI is InChI=1S/C6H13NO2/c1-8-6-9-5-4-7-2-3-7/h2-6H2,1H3. The zero-order valence-electron chi connectivity index (χ0n) is 5.80. The Labute approximate surface area is 55.5 Å². The van der Waals surface area contributed by atoms with Crippen molar-refractivity contribution in [1.82, 2.24) is 4.90 Å². The van der Waals surface area contributed by atoms with Crippen LogP contribution in [0.2, 0.25) is 0 Å². The van der Waals surface area contributed by atoms with Gasteiger partial charge in [-0.1, -0.05) is 0 Å². The van der Waals surface area contributed by atoms with Gasteiger partial charge >= 0.3 is 0 Å². The van der Waals surface area contributed by atoms with Gasteiger partial charge < -0.3 is 9.47 Å². The van der Waals surface area contributed by atoms with Crippen LogP contribution < -0.4 is 0 Å². The number of rotatable bonds is 5. The Hall–Kier alpha value is -0.120. The molecule has 3 heteroatoms. The van der Waals surface area contributed by atoms with Gasteiger partial charge in [-0.25, -0.2) is 0 Å². The molecule has 1 heterocycles. The van der Waals surface area contributed by atoms with Crippen molar-refractivity contribution in [3.05, 3.63) is 0 Å². The van der Waals surface area contributed by atoms with E-state index in [0.29, 0.717) is 6.79 Å². The predicted molar refractivity (Wildman–Crippen MR) is 34.3 cm³/mol. The SMILES string of the molecule is COCOCCN1CC1. The maximum absolute atomic E-state index is 5.07. The van der Waals surface area contributed by atoms with Crippen LogP contribution in [0.25, 0.3) is 0 Å². The van der Waals surface area contributed by atoms with Gasteiger partial charge in [0, 0.05) is 26.7 Å². The molecule has 0 spiro atoms. The molecule has 0 aliphatic carbocycles. The van der Waals surface area contributed by atoms with E-state index in [-0.39, 0.29) is 0 Å². The number of methoxy groups -OCH3 is 1. The summed E-state index contributed by atoms with van der Waals surface area (Å²) < 4.78 is 9.77. The van der Waals surface area contributed by atoms with Gasteiger partial charge in [0.1, 0.15) is 6.79 Å². The molecule has 9 heavy (non-hydrogen) atoms. The summed E-state index contributed by atoms with van der Waals surface area (Å²) in [5.41, 5.74) is 0. The van der Waals surface area contributed by atoms with Crippen molar-refractivity contribution < 1.29 is 9.47 Å². The van der Waals surface area contributed by atoms with Crippen molar-refractivity contribution in [2.45, 2.75) is 0 Å². The van der Waals surface area contributed by atoms with Crippen molar-refractivity contribution in [3.8, 4) is 0 Å². The molecule has 0 amide bonds. The molecule has 0 saturated carbocycles. The molecule has 0 aromatic heterocycles. The molecule has 1 fully saturated rings. The number of nitrogens with zero attached hydrogens (tertiary/aromatic N) is 1. The van der Waals surface area contributed by atoms with Crippen LogP contribution in [-0.2, 0) is 9.47 Å². The lowest BCUT2D eigenvalue weighted by Gasteiger charge is -2.01. The van der Waals surface area contributed by atoms with Crippen molar-refractivity contribution >= 4 is 0 Å². The normalized spacial score (nSPS) is 18.3. The first kappa shape index (κ1) is 6.99. The number of ether oxygens (including phenoxy) is 2. The molecule has 0 radical (unpaired) electrons. The van der Waals surface area contributed by atoms with Gasteiger partial charge in [0.15, 0.2) is 0 Å². The summed E-state index contributed by atoms with van der Waals surface area (Å²) in [5, 5.41) is 0. The third kappa shape index (κ3) is 3.46. The van der Waals surface area contributed by atoms with E-state index < -0.39 is 0 Å². The fraction of sp³-hybridized carbons (Fsp3) is 1.00. The number of hydrogen-bond acceptors (Lipinski definition) is 3. The molecule has 0 N–H and O–H groups in total. The minimum absolute atomic E-state index is 0.424. The van der Waals surface area contributed by atoms with Gasteiger partial charge in [0.05, 0.1) is 6.61 Å². The highest BCUT2D eigenvalue weighted by molar-refractivity contribution is 4.70. The zero-order valence-corrected chi connectivity index (χ0v) is 5.80. The van der Waals surface area contributed by atoms with Gasteiger partial charge in [-0.15, -0.1) is 0 Å². The summed E-state index contributed by atoms with van der Waals surface area (Å²) >= 11 is 0. The summed E-state index contributed by atoms with van der Waals surface area (Å²) in [5.74, 6) is 0. The molecular weight excluding hydrogens is 118 g/mol. The second kappa shape index (κ2) is 3.82. The van der Waals surface area contributed by atoms with E-state index in [1.54, 1.807) is 7.11 Å². The summed E-state index contributed by atoms with van der Waals surface area (Å²) in [7, 11) is 1.64. The first-order valence-corrected chi connectivity index (χ1v) is 3.22. The van der Waals surface area contributed by atoms with Crippen LogP contribution in [0.5, 0.6) is 0 Å². The fourth-order valence-electron chi connectivity index (χ4n) is 0.630. The summed E-state index contributed by atoms with van der Waals surface area (Å²) in [6.07, 6.45) is 0. The summed E-state index contributed by atoms with van der Waals surface area (Å²) in [6, 6.07) is 0. The Kier molecular flexibility index (Phi) is 2.97. The van der Waals surface area contributed by atoms with Crippen LogP contribution in [0.3, 0.4) is 0 Å². The molecule has 1 aliphatic heterocycles. The molecule has 1 rings (SSSR count). The monoisotopic (exact) mass is 131 g/mol. The van der Waals surface area contributed by atoms with Crippen molar-refractivity contribution in [2.75, 3.05) is 40.1 Å². The topological polar surface area (TPSA) is 21.5 Å². The second-order valence-electron chi connectivity index (χ2n) is 2.16. The van der Waals surface area contributed by atoms with Gasteiger partial charge in [0.25, 0.3) is 0 Å². The Balaban J connectivity index is 1.71. The quantitative estimate of drug-likeness (QED) is 0.296. The van der Waals surface area contributed by atoms with Crippen LogP contribution in [0.1, 0.15) is 0 Å². The molecule has 1 saturated heterocycles. The largest absolute Gasteiger partial charge is 0.359 e. The van der Waals surface area contributed by atoms with Crippen molar-refractivity contribution in [3.63, 3.8) is 0 Å². The maximum atomic E-state index is 5.07. The second-order valence-corrected chi connectivity index (χ2v) is 2.16. The minimum atomic E-state index is 0.424. The summed E-state index contributed by atoms with van der Waals surface area (Å²) in [6.45, 7) is 4.78. The van der Waals surface area contributed by atoms with E-state index in [9.17, 15) is 0 Å². The highest BCUT2D eigenvalue weighted by atomic mass is 16.7. The fourth-order valence-corrected chi connectivity index (χ4v) is 0.630. The predicted octanol–water partition coefficient (Wildman–Crippen LogP) is -0.0775. The van der Waals surface area contributed by atoms with Crippen LogP contribution >= 0.6 is 0 Å². The van der Waals surface area contributed by atoms with E-state index in [2.05, 4.69) is 4.90 Å². The first-order valence-electron chi connectivity index (χ1n) is 3.22. The van der Waals surface area contributed by atoms with Gasteiger partial charge in [-0.05, 0) is 0 Å². The Morgan fingerprint density at radius 2 is 2.22 bits per heavy atom. The van der Waals surface area contributed by atoms with E-state index >= 15 is 0 Å². The first-order chi connectivity index (χ1) is 4.43. The molecule has 1 aliphatic rings. The van der Waals surface area contributed by atoms with Crippen LogP contribution in [0.4, 0.5) is 0 Å². The Morgan fingerprint density at radius 1 is 1.44 bits per heavy atom. The van der Waals surface area contributed by atoms with E-state index in [4.69, 9.17) is 9.47 Å². The van der Waals surface area contributed by atoms with Gasteiger partial charge in [-0.2, -0.15) is 0 Å². The number of hydrogen-bond donors (Lipinski definition) is 0. The molecule has 0 aromatic rings. The molecule has 54 valence electrons. The Bertz CT molecular complexity index is 73.5. The third-order valence-corrected chi connectivity index (χ3v) is 1.29. The van der Waals surface area contributed by atoms with Gasteiger partial charge in [0.2, 0.25) is 0 Å². The van der Waals surface area contributed by atoms with E-state index in [1.807, 2.05) is 0 Å². The lowest BCUT2D eigenvalue weighted by molar-refractivity contribution is -0.0316.